The molecule has 106 valence electrons. The molecule has 21 heavy (non-hydrogen) atoms. The molecular weight excluding hydrogens is 311 g/mol. The Morgan fingerprint density at radius 1 is 0.952 bits per heavy atom. The van der Waals surface area contributed by atoms with Crippen molar-refractivity contribution in [2.75, 3.05) is 0 Å². The van der Waals surface area contributed by atoms with Crippen molar-refractivity contribution in [3.8, 4) is 11.1 Å². The van der Waals surface area contributed by atoms with Crippen molar-refractivity contribution < 1.29 is 14.7 Å². The summed E-state index contributed by atoms with van der Waals surface area (Å²) >= 11 is 12.1. The smallest absolute Gasteiger partial charge is 0.328 e. The zero-order chi connectivity index (χ0) is 15.4. The van der Waals surface area contributed by atoms with Crippen LogP contribution in [0.3, 0.4) is 0 Å². The highest BCUT2D eigenvalue weighted by atomic mass is 35.5. The van der Waals surface area contributed by atoms with E-state index >= 15 is 0 Å². The third-order valence-electron chi connectivity index (χ3n) is 2.79. The molecule has 2 aromatic rings. The molecule has 3 nitrogen and oxygen atoms in total. The Morgan fingerprint density at radius 2 is 1.62 bits per heavy atom. The second kappa shape index (κ2) is 6.57. The first kappa shape index (κ1) is 15.3. The summed E-state index contributed by atoms with van der Waals surface area (Å²) in [6.07, 6.45) is 1.83. The van der Waals surface area contributed by atoms with Gasteiger partial charge in [0.1, 0.15) is 0 Å². The summed E-state index contributed by atoms with van der Waals surface area (Å²) < 4.78 is 0. The summed E-state index contributed by atoms with van der Waals surface area (Å²) in [7, 11) is 0. The van der Waals surface area contributed by atoms with E-state index in [1.54, 1.807) is 42.5 Å². The third-order valence-corrected chi connectivity index (χ3v) is 3.35. The molecule has 0 amide bonds. The van der Waals surface area contributed by atoms with Crippen molar-refractivity contribution in [2.45, 2.75) is 0 Å². The van der Waals surface area contributed by atoms with Gasteiger partial charge >= 0.3 is 5.97 Å². The maximum Gasteiger partial charge on any atom is 0.328 e. The number of aliphatic carboxylic acids is 1. The summed E-state index contributed by atoms with van der Waals surface area (Å²) in [5.41, 5.74) is 1.99. The first-order chi connectivity index (χ1) is 9.97. The van der Waals surface area contributed by atoms with Crippen LogP contribution in [0.5, 0.6) is 0 Å². The lowest BCUT2D eigenvalue weighted by atomic mass is 10.0. The fourth-order valence-corrected chi connectivity index (χ4v) is 2.17. The number of hydrogen-bond acceptors (Lipinski definition) is 2. The summed E-state index contributed by atoms with van der Waals surface area (Å²) in [5.74, 6) is -1.54. The maximum atomic E-state index is 11.7. The van der Waals surface area contributed by atoms with Crippen LogP contribution in [-0.2, 0) is 4.79 Å². The molecule has 2 aromatic carbocycles. The van der Waals surface area contributed by atoms with Crippen molar-refractivity contribution in [1.29, 1.82) is 0 Å². The number of allylic oxidation sites excluding steroid dienone is 1. The maximum absolute atomic E-state index is 11.7. The first-order valence-corrected chi connectivity index (χ1v) is 6.74. The number of ketones is 1. The van der Waals surface area contributed by atoms with Gasteiger partial charge in [-0.2, -0.15) is 0 Å². The lowest BCUT2D eigenvalue weighted by molar-refractivity contribution is -0.131. The fourth-order valence-electron chi connectivity index (χ4n) is 1.78. The van der Waals surface area contributed by atoms with E-state index in [0.717, 1.165) is 23.3 Å². The van der Waals surface area contributed by atoms with Gasteiger partial charge in [-0.25, -0.2) is 4.79 Å². The molecule has 0 unspecified atom stereocenters. The second-order valence-electron chi connectivity index (χ2n) is 4.24. The van der Waals surface area contributed by atoms with Crippen LogP contribution in [0.25, 0.3) is 11.1 Å². The van der Waals surface area contributed by atoms with Gasteiger partial charge in [-0.3, -0.25) is 4.79 Å². The summed E-state index contributed by atoms with van der Waals surface area (Å²) in [6.45, 7) is 0. The molecule has 1 N–H and O–H groups in total. The Bertz CT molecular complexity index is 719. The molecule has 0 bridgehead atoms. The highest BCUT2D eigenvalue weighted by Crippen LogP contribution is 2.30. The Morgan fingerprint density at radius 3 is 2.24 bits per heavy atom. The van der Waals surface area contributed by atoms with Gasteiger partial charge in [-0.1, -0.05) is 47.5 Å². The van der Waals surface area contributed by atoms with Crippen molar-refractivity contribution in [3.63, 3.8) is 0 Å². The van der Waals surface area contributed by atoms with Crippen LogP contribution >= 0.6 is 23.2 Å². The summed E-state index contributed by atoms with van der Waals surface area (Å²) in [5, 5.41) is 9.62. The monoisotopic (exact) mass is 320 g/mol. The molecule has 0 aliphatic heterocycles. The Hall–Kier alpha value is -2.10. The minimum absolute atomic E-state index is 0.374. The molecule has 0 aromatic heterocycles. The minimum Gasteiger partial charge on any atom is -0.478 e. The van der Waals surface area contributed by atoms with Gasteiger partial charge in [-0.05, 0) is 29.8 Å². The van der Waals surface area contributed by atoms with Crippen LogP contribution in [0.1, 0.15) is 10.4 Å². The van der Waals surface area contributed by atoms with Crippen molar-refractivity contribution >= 4 is 35.0 Å². The van der Waals surface area contributed by atoms with Gasteiger partial charge in [0, 0.05) is 27.2 Å². The molecule has 0 heterocycles. The molecule has 0 saturated heterocycles. The number of rotatable bonds is 4. The Balaban J connectivity index is 2.29. The normalized spacial score (nSPS) is 10.8. The lowest BCUT2D eigenvalue weighted by Gasteiger charge is -2.06. The van der Waals surface area contributed by atoms with Gasteiger partial charge in [0.25, 0.3) is 0 Å². The number of halogens is 2. The number of benzene rings is 2. The molecule has 2 rings (SSSR count). The topological polar surface area (TPSA) is 54.4 Å². The molecule has 0 aliphatic carbocycles. The highest BCUT2D eigenvalue weighted by Gasteiger charge is 2.07. The molecule has 0 spiro atoms. The van der Waals surface area contributed by atoms with Crippen molar-refractivity contribution in [2.24, 2.45) is 0 Å². The molecular formula is C16H10Cl2O3. The second-order valence-corrected chi connectivity index (χ2v) is 5.08. The zero-order valence-corrected chi connectivity index (χ0v) is 12.2. The van der Waals surface area contributed by atoms with Gasteiger partial charge in [0.2, 0.25) is 0 Å². The van der Waals surface area contributed by atoms with E-state index in [0.29, 0.717) is 15.6 Å². The van der Waals surface area contributed by atoms with Crippen LogP contribution in [0, 0.1) is 0 Å². The van der Waals surface area contributed by atoms with Crippen LogP contribution in [0.4, 0.5) is 0 Å². The number of carbonyl (C=O) groups excluding carboxylic acids is 1. The highest BCUT2D eigenvalue weighted by molar-refractivity contribution is 6.35. The molecule has 5 heteroatoms. The van der Waals surface area contributed by atoms with Gasteiger partial charge < -0.3 is 5.11 Å². The molecule has 0 atom stereocenters. The van der Waals surface area contributed by atoms with Gasteiger partial charge in [-0.15, -0.1) is 0 Å². The number of hydrogen-bond donors (Lipinski definition) is 1. The largest absolute Gasteiger partial charge is 0.478 e. The van der Waals surface area contributed by atoms with E-state index in [9.17, 15) is 9.59 Å². The summed E-state index contributed by atoms with van der Waals surface area (Å²) in [6, 6.07) is 11.8. The fraction of sp³-hybridized carbons (Fsp3) is 0. The number of carboxylic acid groups (broad SMARTS) is 1. The lowest BCUT2D eigenvalue weighted by Crippen LogP contribution is -1.96. The quantitative estimate of drug-likeness (QED) is 0.667. The Kier molecular flexibility index (Phi) is 4.78. The van der Waals surface area contributed by atoms with E-state index < -0.39 is 5.97 Å². The SMILES string of the molecule is O=C(O)C=CC(=O)c1ccc(-c2cc(Cl)ccc2Cl)cc1. The average molecular weight is 321 g/mol. The van der Waals surface area contributed by atoms with E-state index in [1.165, 1.54) is 0 Å². The van der Waals surface area contributed by atoms with Crippen LogP contribution in [-0.4, -0.2) is 16.9 Å². The van der Waals surface area contributed by atoms with Crippen LogP contribution < -0.4 is 0 Å². The number of carbonyl (C=O) groups is 2. The van der Waals surface area contributed by atoms with Crippen molar-refractivity contribution in [1.82, 2.24) is 0 Å². The van der Waals surface area contributed by atoms with E-state index in [4.69, 9.17) is 28.3 Å². The molecule has 0 radical (unpaired) electrons. The predicted molar refractivity (Wildman–Crippen MR) is 83.0 cm³/mol. The Labute approximate surface area is 131 Å². The van der Waals surface area contributed by atoms with Gasteiger partial charge in [0.05, 0.1) is 0 Å². The van der Waals surface area contributed by atoms with E-state index in [-0.39, 0.29) is 5.78 Å². The summed E-state index contributed by atoms with van der Waals surface area (Å²) in [4.78, 5) is 22.1. The molecule has 0 aliphatic rings. The molecule has 0 fully saturated rings. The zero-order valence-electron chi connectivity index (χ0n) is 10.7. The standard InChI is InChI=1S/C16H10Cl2O3/c17-12-5-6-14(18)13(9-12)10-1-3-11(4-2-10)15(19)7-8-16(20)21/h1-9H,(H,20,21). The first-order valence-electron chi connectivity index (χ1n) is 5.98. The number of carboxylic acids is 1. The van der Waals surface area contributed by atoms with E-state index in [2.05, 4.69) is 0 Å². The minimum atomic E-state index is -1.16. The predicted octanol–water partition coefficient (Wildman–Crippen LogP) is 4.48. The average Bonchev–Trinajstić information content (AvgIpc) is 2.47. The van der Waals surface area contributed by atoms with E-state index in [1.807, 2.05) is 0 Å². The third kappa shape index (κ3) is 3.94. The van der Waals surface area contributed by atoms with Crippen molar-refractivity contribution in [3.05, 3.63) is 70.2 Å². The molecule has 0 saturated carbocycles. The van der Waals surface area contributed by atoms with Crippen LogP contribution in [0.15, 0.2) is 54.6 Å². The van der Waals surface area contributed by atoms with Gasteiger partial charge in [0.15, 0.2) is 5.78 Å². The van der Waals surface area contributed by atoms with Crippen LogP contribution in [0.2, 0.25) is 10.0 Å².